The number of carbonyl (C=O) groups excluding carboxylic acids is 1. The van der Waals surface area contributed by atoms with Crippen LogP contribution in [0.15, 0.2) is 0 Å². The molecule has 23 heavy (non-hydrogen) atoms. The number of nitrogens with one attached hydrogen (secondary N) is 1. The van der Waals surface area contributed by atoms with Crippen molar-refractivity contribution in [1.29, 1.82) is 0 Å². The molecule has 1 saturated carbocycles. The number of carboxylic acid groups (broad SMARTS) is 1. The summed E-state index contributed by atoms with van der Waals surface area (Å²) >= 11 is 0. The number of carboxylic acids is 1. The van der Waals surface area contributed by atoms with Crippen molar-refractivity contribution < 1.29 is 32.6 Å². The van der Waals surface area contributed by atoms with Crippen LogP contribution in [0.2, 0.25) is 0 Å². The van der Waals surface area contributed by atoms with Gasteiger partial charge in [0.25, 0.3) is 0 Å². The Balaban J connectivity index is 1.62. The molecule has 6 nitrogen and oxygen atoms in total. The molecule has 0 aromatic rings. The van der Waals surface area contributed by atoms with E-state index in [0.717, 1.165) is 17.7 Å². The summed E-state index contributed by atoms with van der Waals surface area (Å²) in [4.78, 5) is 24.2. The zero-order valence-corrected chi connectivity index (χ0v) is 12.4. The van der Waals surface area contributed by atoms with Gasteiger partial charge in [0.1, 0.15) is 0 Å². The molecule has 0 spiro atoms. The second kappa shape index (κ2) is 5.85. The summed E-state index contributed by atoms with van der Waals surface area (Å²) in [5.41, 5.74) is 0. The highest BCUT2D eigenvalue weighted by molar-refractivity contribution is 5.78. The summed E-state index contributed by atoms with van der Waals surface area (Å²) < 4.78 is 44.4. The zero-order valence-electron chi connectivity index (χ0n) is 12.4. The fourth-order valence-corrected chi connectivity index (χ4v) is 3.46. The molecular formula is C14H19F3N2O4. The minimum absolute atomic E-state index is 0.0739. The quantitative estimate of drug-likeness (QED) is 0.818. The standard InChI is InChI=1S/C14H19F3N2O4/c15-14(16,17)9-6-19(5-8(9)12(20)21)13(22)18-10-3-4-23-11(10)7-1-2-7/h7-11H,1-6H2,(H,18,22)(H,20,21)/t8-,9-,10?,11?/m1/s1. The summed E-state index contributed by atoms with van der Waals surface area (Å²) in [5.74, 6) is -4.75. The molecule has 3 rings (SSSR count). The molecule has 1 aliphatic carbocycles. The van der Waals surface area contributed by atoms with Crippen LogP contribution in [0, 0.1) is 17.8 Å². The summed E-state index contributed by atoms with van der Waals surface area (Å²) in [6, 6.07) is -0.840. The first-order valence-corrected chi connectivity index (χ1v) is 7.74. The normalized spacial score (nSPS) is 34.7. The summed E-state index contributed by atoms with van der Waals surface area (Å²) in [6.45, 7) is -0.518. The highest BCUT2D eigenvalue weighted by atomic mass is 19.4. The number of hydrogen-bond donors (Lipinski definition) is 2. The van der Waals surface area contributed by atoms with Crippen molar-refractivity contribution in [1.82, 2.24) is 10.2 Å². The van der Waals surface area contributed by atoms with Gasteiger partial charge in [-0.2, -0.15) is 13.2 Å². The van der Waals surface area contributed by atoms with Crippen LogP contribution in [0.5, 0.6) is 0 Å². The first kappa shape index (κ1) is 16.4. The van der Waals surface area contributed by atoms with E-state index in [4.69, 9.17) is 9.84 Å². The first-order chi connectivity index (χ1) is 10.8. The minimum Gasteiger partial charge on any atom is -0.481 e. The van der Waals surface area contributed by atoms with Crippen molar-refractivity contribution in [3.63, 3.8) is 0 Å². The van der Waals surface area contributed by atoms with Gasteiger partial charge >= 0.3 is 18.2 Å². The molecule has 3 aliphatic rings. The third-order valence-electron chi connectivity index (χ3n) is 4.88. The summed E-state index contributed by atoms with van der Waals surface area (Å²) in [6.07, 6.45) is -2.00. The Hall–Kier alpha value is -1.51. The Morgan fingerprint density at radius 3 is 2.39 bits per heavy atom. The maximum atomic E-state index is 12.9. The second-order valence-corrected chi connectivity index (χ2v) is 6.52. The average molecular weight is 336 g/mol. The van der Waals surface area contributed by atoms with Crippen molar-refractivity contribution >= 4 is 12.0 Å². The van der Waals surface area contributed by atoms with Crippen molar-refractivity contribution in [2.75, 3.05) is 19.7 Å². The van der Waals surface area contributed by atoms with Crippen molar-refractivity contribution in [2.24, 2.45) is 17.8 Å². The molecule has 2 N–H and O–H groups in total. The van der Waals surface area contributed by atoms with Crippen LogP contribution in [0.25, 0.3) is 0 Å². The van der Waals surface area contributed by atoms with Gasteiger partial charge in [0, 0.05) is 19.7 Å². The zero-order chi connectivity index (χ0) is 16.8. The molecule has 0 aromatic heterocycles. The first-order valence-electron chi connectivity index (χ1n) is 7.74. The molecule has 9 heteroatoms. The maximum Gasteiger partial charge on any atom is 0.394 e. The summed E-state index contributed by atoms with van der Waals surface area (Å²) in [5, 5.41) is 11.7. The Bertz CT molecular complexity index is 495. The topological polar surface area (TPSA) is 78.9 Å². The highest BCUT2D eigenvalue weighted by Crippen LogP contribution is 2.40. The molecule has 3 fully saturated rings. The molecule has 2 heterocycles. The predicted octanol–water partition coefficient (Wildman–Crippen LogP) is 1.46. The lowest BCUT2D eigenvalue weighted by atomic mass is 9.96. The molecule has 2 unspecified atom stereocenters. The van der Waals surface area contributed by atoms with Gasteiger partial charge < -0.3 is 20.1 Å². The third kappa shape index (κ3) is 3.39. The molecular weight excluding hydrogens is 317 g/mol. The van der Waals surface area contributed by atoms with Crippen LogP contribution in [0.4, 0.5) is 18.0 Å². The smallest absolute Gasteiger partial charge is 0.394 e. The van der Waals surface area contributed by atoms with Gasteiger partial charge in [-0.05, 0) is 25.2 Å². The van der Waals surface area contributed by atoms with Crippen molar-refractivity contribution in [3.8, 4) is 0 Å². The van der Waals surface area contributed by atoms with E-state index in [-0.39, 0.29) is 12.1 Å². The Labute approximate surface area is 131 Å². The molecule has 2 amide bonds. The number of carbonyl (C=O) groups is 2. The van der Waals surface area contributed by atoms with Crippen LogP contribution in [-0.4, -0.2) is 60.0 Å². The average Bonchev–Trinajstić information content (AvgIpc) is 3.01. The van der Waals surface area contributed by atoms with Gasteiger partial charge in [0.05, 0.1) is 24.0 Å². The van der Waals surface area contributed by atoms with Crippen LogP contribution in [0.3, 0.4) is 0 Å². The van der Waals surface area contributed by atoms with E-state index in [1.807, 2.05) is 0 Å². The highest BCUT2D eigenvalue weighted by Gasteiger charge is 2.54. The van der Waals surface area contributed by atoms with Crippen LogP contribution < -0.4 is 5.32 Å². The lowest BCUT2D eigenvalue weighted by Gasteiger charge is -2.24. The predicted molar refractivity (Wildman–Crippen MR) is 71.6 cm³/mol. The molecule has 2 aliphatic heterocycles. The van der Waals surface area contributed by atoms with Gasteiger partial charge in [0.15, 0.2) is 0 Å². The SMILES string of the molecule is O=C(O)[C@@H]1CN(C(=O)NC2CCOC2C2CC2)C[C@H]1C(F)(F)F. The van der Waals surface area contributed by atoms with Gasteiger partial charge in [-0.15, -0.1) is 0 Å². The lowest BCUT2D eigenvalue weighted by molar-refractivity contribution is -0.187. The molecule has 4 atom stereocenters. The Kier molecular flexibility index (Phi) is 4.16. The number of aliphatic carboxylic acids is 1. The van der Waals surface area contributed by atoms with Gasteiger partial charge in [0.2, 0.25) is 0 Å². The van der Waals surface area contributed by atoms with Gasteiger partial charge in [-0.25, -0.2) is 4.79 Å². The molecule has 130 valence electrons. The number of urea groups is 1. The number of likely N-dealkylation sites (tertiary alicyclic amines) is 1. The number of amides is 2. The number of alkyl halides is 3. The molecule has 0 bridgehead atoms. The Morgan fingerprint density at radius 1 is 1.17 bits per heavy atom. The number of ether oxygens (including phenoxy) is 1. The second-order valence-electron chi connectivity index (χ2n) is 6.52. The van der Waals surface area contributed by atoms with E-state index in [1.165, 1.54) is 0 Å². The fraction of sp³-hybridized carbons (Fsp3) is 0.857. The van der Waals surface area contributed by atoms with E-state index in [0.29, 0.717) is 18.9 Å². The van der Waals surface area contributed by atoms with Crippen molar-refractivity contribution in [3.05, 3.63) is 0 Å². The minimum atomic E-state index is -4.63. The van der Waals surface area contributed by atoms with E-state index >= 15 is 0 Å². The molecule has 0 aromatic carbocycles. The monoisotopic (exact) mass is 336 g/mol. The third-order valence-corrected chi connectivity index (χ3v) is 4.88. The van der Waals surface area contributed by atoms with E-state index in [2.05, 4.69) is 5.32 Å². The molecule has 2 saturated heterocycles. The number of hydrogen-bond acceptors (Lipinski definition) is 3. The van der Waals surface area contributed by atoms with Crippen LogP contribution in [0.1, 0.15) is 19.3 Å². The van der Waals surface area contributed by atoms with E-state index in [1.54, 1.807) is 0 Å². The maximum absolute atomic E-state index is 12.9. The van der Waals surface area contributed by atoms with Crippen LogP contribution in [-0.2, 0) is 9.53 Å². The lowest BCUT2D eigenvalue weighted by Crippen LogP contribution is -2.48. The molecule has 0 radical (unpaired) electrons. The van der Waals surface area contributed by atoms with Gasteiger partial charge in [-0.1, -0.05) is 0 Å². The summed E-state index contributed by atoms with van der Waals surface area (Å²) in [7, 11) is 0. The Morgan fingerprint density at radius 2 is 1.87 bits per heavy atom. The number of nitrogens with zero attached hydrogens (tertiary/aromatic N) is 1. The van der Waals surface area contributed by atoms with E-state index < -0.39 is 43.1 Å². The van der Waals surface area contributed by atoms with Crippen LogP contribution >= 0.6 is 0 Å². The number of rotatable bonds is 3. The largest absolute Gasteiger partial charge is 0.481 e. The van der Waals surface area contributed by atoms with Crippen molar-refractivity contribution in [2.45, 2.75) is 37.6 Å². The van der Waals surface area contributed by atoms with E-state index in [9.17, 15) is 22.8 Å². The van der Waals surface area contributed by atoms with Gasteiger partial charge in [-0.3, -0.25) is 4.79 Å². The fourth-order valence-electron chi connectivity index (χ4n) is 3.46. The number of halogens is 3.